The van der Waals surface area contributed by atoms with Crippen molar-refractivity contribution in [2.75, 3.05) is 11.9 Å². The summed E-state index contributed by atoms with van der Waals surface area (Å²) in [5.74, 6) is 0.624. The molecule has 0 radical (unpaired) electrons. The van der Waals surface area contributed by atoms with Crippen molar-refractivity contribution in [3.05, 3.63) is 12.3 Å². The molecule has 0 spiro atoms. The van der Waals surface area contributed by atoms with Crippen LogP contribution >= 0.6 is 0 Å². The fourth-order valence-corrected chi connectivity index (χ4v) is 1.89. The van der Waals surface area contributed by atoms with Gasteiger partial charge in [-0.3, -0.25) is 9.89 Å². The highest BCUT2D eigenvalue weighted by molar-refractivity contribution is 5.91. The number of carbonyl (C=O) groups excluding carboxylic acids is 1. The molecule has 0 bridgehead atoms. The Morgan fingerprint density at radius 1 is 1.53 bits per heavy atom. The summed E-state index contributed by atoms with van der Waals surface area (Å²) in [6.07, 6.45) is 6.55. The molecule has 1 amide bonds. The molecule has 1 fully saturated rings. The van der Waals surface area contributed by atoms with Crippen LogP contribution in [0.25, 0.3) is 0 Å². The van der Waals surface area contributed by atoms with Gasteiger partial charge in [0.1, 0.15) is 5.82 Å². The fourth-order valence-electron chi connectivity index (χ4n) is 1.89. The highest BCUT2D eigenvalue weighted by atomic mass is 16.2. The smallest absolute Gasteiger partial charge is 0.239 e. The summed E-state index contributed by atoms with van der Waals surface area (Å²) in [5, 5.41) is 12.4. The number of hydrogen-bond acceptors (Lipinski definition) is 3. The van der Waals surface area contributed by atoms with Crippen molar-refractivity contribution in [1.82, 2.24) is 15.5 Å². The third kappa shape index (κ3) is 3.06. The zero-order chi connectivity index (χ0) is 10.5. The normalized spacial score (nSPS) is 16.8. The van der Waals surface area contributed by atoms with Gasteiger partial charge >= 0.3 is 0 Å². The monoisotopic (exact) mass is 208 g/mol. The van der Waals surface area contributed by atoms with Gasteiger partial charge in [-0.05, 0) is 12.8 Å². The van der Waals surface area contributed by atoms with Gasteiger partial charge < -0.3 is 10.6 Å². The zero-order valence-electron chi connectivity index (χ0n) is 8.62. The second kappa shape index (κ2) is 4.93. The molecule has 0 unspecified atom stereocenters. The standard InChI is InChI=1S/C10H16N4O/c15-10(13-9-5-6-12-14-9)7-11-8-3-1-2-4-8/h5-6,8,11H,1-4,7H2,(H2,12,13,14,15). The predicted octanol–water partition coefficient (Wildman–Crippen LogP) is 0.880. The Labute approximate surface area is 88.6 Å². The number of amides is 1. The van der Waals surface area contributed by atoms with Crippen LogP contribution in [-0.2, 0) is 4.79 Å². The summed E-state index contributed by atoms with van der Waals surface area (Å²) < 4.78 is 0. The number of aromatic nitrogens is 2. The van der Waals surface area contributed by atoms with E-state index in [0.717, 1.165) is 0 Å². The molecule has 1 aliphatic carbocycles. The molecule has 0 atom stereocenters. The minimum absolute atomic E-state index is 0.0221. The third-order valence-corrected chi connectivity index (χ3v) is 2.68. The number of aromatic amines is 1. The molecule has 3 N–H and O–H groups in total. The molecule has 1 saturated carbocycles. The van der Waals surface area contributed by atoms with Gasteiger partial charge in [0.2, 0.25) is 5.91 Å². The Bertz CT molecular complexity index is 303. The molecule has 5 nitrogen and oxygen atoms in total. The SMILES string of the molecule is O=C(CNC1CCCC1)Nc1ccn[nH]1. The van der Waals surface area contributed by atoms with Crippen molar-refractivity contribution in [2.45, 2.75) is 31.7 Å². The highest BCUT2D eigenvalue weighted by Gasteiger charge is 2.15. The molecule has 0 aliphatic heterocycles. The Hall–Kier alpha value is -1.36. The van der Waals surface area contributed by atoms with Crippen LogP contribution < -0.4 is 10.6 Å². The van der Waals surface area contributed by atoms with Crippen LogP contribution in [0.5, 0.6) is 0 Å². The molecular weight excluding hydrogens is 192 g/mol. The van der Waals surface area contributed by atoms with Crippen molar-refractivity contribution >= 4 is 11.7 Å². The third-order valence-electron chi connectivity index (χ3n) is 2.68. The van der Waals surface area contributed by atoms with Crippen molar-refractivity contribution in [2.24, 2.45) is 0 Å². The number of H-pyrrole nitrogens is 1. The molecule has 15 heavy (non-hydrogen) atoms. The van der Waals surface area contributed by atoms with Crippen molar-refractivity contribution in [3.8, 4) is 0 Å². The lowest BCUT2D eigenvalue weighted by Crippen LogP contribution is -2.34. The van der Waals surface area contributed by atoms with E-state index in [4.69, 9.17) is 0 Å². The van der Waals surface area contributed by atoms with Crippen LogP contribution in [0.2, 0.25) is 0 Å². The van der Waals surface area contributed by atoms with Crippen LogP contribution in [0.3, 0.4) is 0 Å². The number of nitrogens with zero attached hydrogens (tertiary/aromatic N) is 1. The van der Waals surface area contributed by atoms with Crippen LogP contribution in [0, 0.1) is 0 Å². The molecule has 2 rings (SSSR count). The second-order valence-corrected chi connectivity index (χ2v) is 3.88. The first-order valence-corrected chi connectivity index (χ1v) is 5.37. The second-order valence-electron chi connectivity index (χ2n) is 3.88. The fraction of sp³-hybridized carbons (Fsp3) is 0.600. The maximum absolute atomic E-state index is 11.4. The minimum Gasteiger partial charge on any atom is -0.310 e. The number of nitrogens with one attached hydrogen (secondary N) is 3. The lowest BCUT2D eigenvalue weighted by atomic mass is 10.2. The first kappa shape index (κ1) is 10.2. The predicted molar refractivity (Wildman–Crippen MR) is 57.5 cm³/mol. The number of carbonyl (C=O) groups is 1. The van der Waals surface area contributed by atoms with E-state index in [0.29, 0.717) is 18.4 Å². The maximum atomic E-state index is 11.4. The van der Waals surface area contributed by atoms with E-state index in [2.05, 4.69) is 20.8 Å². The minimum atomic E-state index is -0.0221. The number of hydrogen-bond donors (Lipinski definition) is 3. The van der Waals surface area contributed by atoms with Gasteiger partial charge in [0.25, 0.3) is 0 Å². The quantitative estimate of drug-likeness (QED) is 0.688. The van der Waals surface area contributed by atoms with Gasteiger partial charge in [-0.2, -0.15) is 5.10 Å². The first-order chi connectivity index (χ1) is 7.34. The number of rotatable bonds is 4. The average Bonchev–Trinajstić information content (AvgIpc) is 2.86. The molecule has 1 aromatic rings. The summed E-state index contributed by atoms with van der Waals surface area (Å²) in [6, 6.07) is 2.26. The zero-order valence-corrected chi connectivity index (χ0v) is 8.62. The topological polar surface area (TPSA) is 69.8 Å². The first-order valence-electron chi connectivity index (χ1n) is 5.37. The molecule has 0 saturated heterocycles. The Morgan fingerprint density at radius 2 is 2.33 bits per heavy atom. The molecular formula is C10H16N4O. The Morgan fingerprint density at radius 3 is 3.00 bits per heavy atom. The summed E-state index contributed by atoms with van der Waals surface area (Å²) in [5.41, 5.74) is 0. The average molecular weight is 208 g/mol. The van der Waals surface area contributed by atoms with E-state index in [-0.39, 0.29) is 5.91 Å². The van der Waals surface area contributed by atoms with E-state index in [1.165, 1.54) is 25.7 Å². The van der Waals surface area contributed by atoms with E-state index < -0.39 is 0 Å². The molecule has 82 valence electrons. The van der Waals surface area contributed by atoms with Gasteiger partial charge in [-0.1, -0.05) is 12.8 Å². The highest BCUT2D eigenvalue weighted by Crippen LogP contribution is 2.17. The number of anilines is 1. The lowest BCUT2D eigenvalue weighted by molar-refractivity contribution is -0.115. The molecule has 1 heterocycles. The largest absolute Gasteiger partial charge is 0.310 e. The van der Waals surface area contributed by atoms with Gasteiger partial charge in [0.15, 0.2) is 0 Å². The van der Waals surface area contributed by atoms with Crippen LogP contribution in [0.1, 0.15) is 25.7 Å². The summed E-state index contributed by atoms with van der Waals surface area (Å²) in [6.45, 7) is 0.379. The van der Waals surface area contributed by atoms with Crippen LogP contribution in [0.4, 0.5) is 5.82 Å². The molecule has 0 aromatic carbocycles. The molecule has 1 aromatic heterocycles. The van der Waals surface area contributed by atoms with Gasteiger partial charge in [0.05, 0.1) is 12.7 Å². The van der Waals surface area contributed by atoms with Crippen molar-refractivity contribution in [1.29, 1.82) is 0 Å². The summed E-state index contributed by atoms with van der Waals surface area (Å²) in [7, 11) is 0. The Balaban J connectivity index is 1.68. The van der Waals surface area contributed by atoms with E-state index in [1.807, 2.05) is 0 Å². The summed E-state index contributed by atoms with van der Waals surface area (Å²) in [4.78, 5) is 11.4. The lowest BCUT2D eigenvalue weighted by Gasteiger charge is -2.10. The molecule has 1 aliphatic rings. The Kier molecular flexibility index (Phi) is 3.34. The maximum Gasteiger partial charge on any atom is 0.239 e. The van der Waals surface area contributed by atoms with Crippen molar-refractivity contribution < 1.29 is 4.79 Å². The summed E-state index contributed by atoms with van der Waals surface area (Å²) >= 11 is 0. The molecule has 5 heteroatoms. The van der Waals surface area contributed by atoms with E-state index in [9.17, 15) is 4.79 Å². The van der Waals surface area contributed by atoms with Gasteiger partial charge in [-0.15, -0.1) is 0 Å². The van der Waals surface area contributed by atoms with E-state index >= 15 is 0 Å². The van der Waals surface area contributed by atoms with E-state index in [1.54, 1.807) is 12.3 Å². The van der Waals surface area contributed by atoms with Gasteiger partial charge in [0, 0.05) is 12.1 Å². The van der Waals surface area contributed by atoms with Crippen molar-refractivity contribution in [3.63, 3.8) is 0 Å². The van der Waals surface area contributed by atoms with Crippen LogP contribution in [0.15, 0.2) is 12.3 Å². The van der Waals surface area contributed by atoms with Gasteiger partial charge in [-0.25, -0.2) is 0 Å². The van der Waals surface area contributed by atoms with Crippen LogP contribution in [-0.4, -0.2) is 28.7 Å².